The van der Waals surface area contributed by atoms with Crippen molar-refractivity contribution >= 4 is 11.6 Å². The van der Waals surface area contributed by atoms with Crippen LogP contribution in [-0.2, 0) is 12.8 Å². The molecule has 0 spiro atoms. The van der Waals surface area contributed by atoms with Gasteiger partial charge < -0.3 is 15.2 Å². The van der Waals surface area contributed by atoms with Crippen LogP contribution in [0.3, 0.4) is 0 Å². The molecule has 0 saturated carbocycles. The fourth-order valence-corrected chi connectivity index (χ4v) is 2.47. The van der Waals surface area contributed by atoms with E-state index in [1.54, 1.807) is 14.2 Å². The molecule has 0 saturated heterocycles. The lowest BCUT2D eigenvalue weighted by Crippen LogP contribution is -2.18. The summed E-state index contributed by atoms with van der Waals surface area (Å²) in [5, 5.41) is 0.648. The van der Waals surface area contributed by atoms with E-state index in [0.717, 1.165) is 35.5 Å². The molecule has 1 unspecified atom stereocenters. The van der Waals surface area contributed by atoms with Gasteiger partial charge in [-0.2, -0.15) is 0 Å². The van der Waals surface area contributed by atoms with Gasteiger partial charge in [0, 0.05) is 17.2 Å². The van der Waals surface area contributed by atoms with Gasteiger partial charge in [0.15, 0.2) is 0 Å². The van der Waals surface area contributed by atoms with E-state index in [4.69, 9.17) is 26.8 Å². The number of hydrogen-bond donors (Lipinski definition) is 1. The first-order valence-corrected chi connectivity index (χ1v) is 6.60. The Bertz CT molecular complexity index is 405. The molecule has 0 aromatic heterocycles. The third-order valence-electron chi connectivity index (χ3n) is 2.82. The Hall–Kier alpha value is -0.930. The summed E-state index contributed by atoms with van der Waals surface area (Å²) in [5.41, 5.74) is 7.85. The van der Waals surface area contributed by atoms with Crippen LogP contribution < -0.4 is 15.2 Å². The highest BCUT2D eigenvalue weighted by Gasteiger charge is 2.18. The van der Waals surface area contributed by atoms with E-state index < -0.39 is 0 Å². The maximum Gasteiger partial charge on any atom is 0.141 e. The van der Waals surface area contributed by atoms with E-state index in [1.165, 1.54) is 0 Å². The average Bonchev–Trinajstić information content (AvgIpc) is 2.32. The van der Waals surface area contributed by atoms with Crippen LogP contribution in [-0.4, -0.2) is 20.3 Å². The van der Waals surface area contributed by atoms with E-state index in [0.29, 0.717) is 11.4 Å². The highest BCUT2D eigenvalue weighted by Crippen LogP contribution is 2.39. The molecule has 1 aromatic carbocycles. The van der Waals surface area contributed by atoms with Crippen molar-refractivity contribution in [2.24, 2.45) is 5.73 Å². The number of ether oxygens (including phenoxy) is 2. The second-order valence-electron chi connectivity index (χ2n) is 4.50. The van der Waals surface area contributed by atoms with E-state index in [-0.39, 0.29) is 6.04 Å². The molecular formula is C14H22ClNO2. The number of methoxy groups -OCH3 is 2. The molecule has 18 heavy (non-hydrogen) atoms. The third kappa shape index (κ3) is 3.30. The zero-order valence-electron chi connectivity index (χ0n) is 11.5. The second-order valence-corrected chi connectivity index (χ2v) is 4.87. The molecule has 102 valence electrons. The lowest BCUT2D eigenvalue weighted by molar-refractivity contribution is 0.394. The summed E-state index contributed by atoms with van der Waals surface area (Å²) >= 11 is 6.41. The minimum absolute atomic E-state index is 0.0525. The van der Waals surface area contributed by atoms with Gasteiger partial charge >= 0.3 is 0 Å². The maximum absolute atomic E-state index is 6.41. The summed E-state index contributed by atoms with van der Waals surface area (Å²) in [5.74, 6) is 1.54. The van der Waals surface area contributed by atoms with Crippen LogP contribution in [0.2, 0.25) is 5.02 Å². The van der Waals surface area contributed by atoms with Crippen LogP contribution in [0.1, 0.15) is 31.4 Å². The third-order valence-corrected chi connectivity index (χ3v) is 3.22. The van der Waals surface area contributed by atoms with Crippen LogP contribution in [0.5, 0.6) is 11.5 Å². The SMILES string of the molecule is CCCc1c(OC)cc(CC(C)N)c(OC)c1Cl. The van der Waals surface area contributed by atoms with Crippen LogP contribution in [0.15, 0.2) is 6.07 Å². The molecule has 0 fully saturated rings. The van der Waals surface area contributed by atoms with Crippen molar-refractivity contribution in [2.75, 3.05) is 14.2 Å². The first kappa shape index (κ1) is 15.1. The summed E-state index contributed by atoms with van der Waals surface area (Å²) in [6, 6.07) is 2.04. The zero-order valence-corrected chi connectivity index (χ0v) is 12.3. The molecule has 0 bridgehead atoms. The van der Waals surface area contributed by atoms with Crippen LogP contribution >= 0.6 is 11.6 Å². The summed E-state index contributed by atoms with van der Waals surface area (Å²) in [6.45, 7) is 4.07. The molecule has 0 amide bonds. The summed E-state index contributed by atoms with van der Waals surface area (Å²) in [7, 11) is 3.29. The number of nitrogens with two attached hydrogens (primary N) is 1. The Morgan fingerprint density at radius 1 is 1.33 bits per heavy atom. The Morgan fingerprint density at radius 2 is 2.00 bits per heavy atom. The molecular weight excluding hydrogens is 250 g/mol. The summed E-state index contributed by atoms with van der Waals surface area (Å²) in [4.78, 5) is 0. The highest BCUT2D eigenvalue weighted by atomic mass is 35.5. The van der Waals surface area contributed by atoms with Crippen molar-refractivity contribution in [3.05, 3.63) is 22.2 Å². The smallest absolute Gasteiger partial charge is 0.141 e. The van der Waals surface area contributed by atoms with Crippen molar-refractivity contribution in [1.82, 2.24) is 0 Å². The van der Waals surface area contributed by atoms with Crippen LogP contribution in [0, 0.1) is 0 Å². The van der Waals surface area contributed by atoms with Gasteiger partial charge in [-0.25, -0.2) is 0 Å². The fraction of sp³-hybridized carbons (Fsp3) is 0.571. The highest BCUT2D eigenvalue weighted by molar-refractivity contribution is 6.33. The standard InChI is InChI=1S/C14H22ClNO2/c1-5-6-11-12(17-3)8-10(7-9(2)16)14(18-4)13(11)15/h8-9H,5-7,16H2,1-4H3. The van der Waals surface area contributed by atoms with Crippen molar-refractivity contribution in [2.45, 2.75) is 39.2 Å². The Morgan fingerprint density at radius 3 is 2.44 bits per heavy atom. The van der Waals surface area contributed by atoms with Crippen LogP contribution in [0.25, 0.3) is 0 Å². The van der Waals surface area contributed by atoms with Crippen molar-refractivity contribution < 1.29 is 9.47 Å². The molecule has 0 heterocycles. The maximum atomic E-state index is 6.41. The normalized spacial score (nSPS) is 12.3. The molecule has 0 radical (unpaired) electrons. The predicted octanol–water partition coefficient (Wildman–Crippen LogP) is 3.20. The molecule has 1 atom stereocenters. The molecule has 3 nitrogen and oxygen atoms in total. The van der Waals surface area contributed by atoms with E-state index in [9.17, 15) is 0 Å². The van der Waals surface area contributed by atoms with Gasteiger partial charge in [0.2, 0.25) is 0 Å². The Kier molecular flexibility index (Phi) is 5.76. The van der Waals surface area contributed by atoms with Gasteiger partial charge in [0.05, 0.1) is 19.2 Å². The van der Waals surface area contributed by atoms with Crippen molar-refractivity contribution in [3.63, 3.8) is 0 Å². The lowest BCUT2D eigenvalue weighted by Gasteiger charge is -2.18. The fourth-order valence-electron chi connectivity index (χ4n) is 2.08. The average molecular weight is 272 g/mol. The van der Waals surface area contributed by atoms with Crippen LogP contribution in [0.4, 0.5) is 0 Å². The van der Waals surface area contributed by atoms with E-state index >= 15 is 0 Å². The number of halogens is 1. The van der Waals surface area contributed by atoms with Gasteiger partial charge in [-0.1, -0.05) is 24.9 Å². The second kappa shape index (κ2) is 6.86. The van der Waals surface area contributed by atoms with Crippen molar-refractivity contribution in [3.8, 4) is 11.5 Å². The molecule has 0 aliphatic rings. The van der Waals surface area contributed by atoms with Gasteiger partial charge in [-0.3, -0.25) is 0 Å². The Balaban J connectivity index is 3.32. The predicted molar refractivity (Wildman–Crippen MR) is 75.9 cm³/mol. The molecule has 0 aliphatic heterocycles. The van der Waals surface area contributed by atoms with Gasteiger partial charge in [-0.05, 0) is 25.8 Å². The number of rotatable bonds is 6. The quantitative estimate of drug-likeness (QED) is 0.864. The molecule has 0 aliphatic carbocycles. The van der Waals surface area contributed by atoms with E-state index in [1.807, 2.05) is 13.0 Å². The minimum atomic E-state index is 0.0525. The first-order chi connectivity index (χ1) is 8.54. The number of benzene rings is 1. The van der Waals surface area contributed by atoms with Crippen molar-refractivity contribution in [1.29, 1.82) is 0 Å². The topological polar surface area (TPSA) is 44.5 Å². The largest absolute Gasteiger partial charge is 0.496 e. The monoisotopic (exact) mass is 271 g/mol. The molecule has 1 aromatic rings. The Labute approximate surface area is 114 Å². The first-order valence-electron chi connectivity index (χ1n) is 6.22. The minimum Gasteiger partial charge on any atom is -0.496 e. The summed E-state index contributed by atoms with van der Waals surface area (Å²) in [6.07, 6.45) is 2.59. The lowest BCUT2D eigenvalue weighted by atomic mass is 10.0. The van der Waals surface area contributed by atoms with Gasteiger partial charge in [0.25, 0.3) is 0 Å². The zero-order chi connectivity index (χ0) is 13.7. The van der Waals surface area contributed by atoms with Gasteiger partial charge in [0.1, 0.15) is 11.5 Å². The molecule has 1 rings (SSSR count). The van der Waals surface area contributed by atoms with Gasteiger partial charge in [-0.15, -0.1) is 0 Å². The molecule has 4 heteroatoms. The summed E-state index contributed by atoms with van der Waals surface area (Å²) < 4.78 is 10.8. The number of hydrogen-bond acceptors (Lipinski definition) is 3. The van der Waals surface area contributed by atoms with E-state index in [2.05, 4.69) is 6.92 Å². The molecule has 2 N–H and O–H groups in total.